The van der Waals surface area contributed by atoms with Gasteiger partial charge in [0.2, 0.25) is 0 Å². The number of carboxylic acids is 2. The molecule has 2 heterocycles. The fourth-order valence-electron chi connectivity index (χ4n) is 10.0. The van der Waals surface area contributed by atoms with E-state index in [0.29, 0.717) is 0 Å². The van der Waals surface area contributed by atoms with Gasteiger partial charge in [-0.15, -0.1) is 0 Å². The molecule has 0 aromatic heterocycles. The summed E-state index contributed by atoms with van der Waals surface area (Å²) in [6.07, 6.45) is -3.71. The van der Waals surface area contributed by atoms with Gasteiger partial charge in [0.05, 0.1) is 37.4 Å². The monoisotopic (exact) mass is 881 g/mol. The lowest BCUT2D eigenvalue weighted by Crippen LogP contribution is -2.50. The summed E-state index contributed by atoms with van der Waals surface area (Å²) in [5, 5.41) is 28.2. The molecule has 5 aromatic carbocycles. The SMILES string of the molecule is CC1(C)O[C@H](C[C@H](NC2c3ccccc3-c3ccccc32)C(=O)O)[C@@H](CN(C[C@H]2OC(C)(C)O[C@@H]2C[C@H](NC2c3ccccc3-c3ccccc32)C(=O)O)C(=O)OCc2ccccc2)O1. The van der Waals surface area contributed by atoms with E-state index in [-0.39, 0.29) is 44.6 Å². The highest BCUT2D eigenvalue weighted by Crippen LogP contribution is 2.45. The molecular weight excluding hydrogens is 827 g/mol. The van der Waals surface area contributed by atoms with Crippen molar-refractivity contribution in [3.8, 4) is 22.3 Å². The van der Waals surface area contributed by atoms with Crippen LogP contribution >= 0.6 is 0 Å². The molecule has 0 radical (unpaired) electrons. The average molecular weight is 882 g/mol. The number of amides is 1. The molecule has 9 rings (SSSR count). The minimum atomic E-state index is -1.11. The number of nitrogens with zero attached hydrogens (tertiary/aromatic N) is 1. The lowest BCUT2D eigenvalue weighted by atomic mass is 9.99. The molecule has 2 fully saturated rings. The molecule has 338 valence electrons. The number of benzene rings is 5. The first-order chi connectivity index (χ1) is 31.2. The van der Waals surface area contributed by atoms with Crippen molar-refractivity contribution < 1.29 is 48.3 Å². The van der Waals surface area contributed by atoms with Crippen LogP contribution in [0.4, 0.5) is 4.79 Å². The van der Waals surface area contributed by atoms with Crippen LogP contribution in [0.2, 0.25) is 0 Å². The lowest BCUT2D eigenvalue weighted by molar-refractivity contribution is -0.153. The van der Waals surface area contributed by atoms with Crippen molar-refractivity contribution in [3.63, 3.8) is 0 Å². The highest BCUT2D eigenvalue weighted by molar-refractivity contribution is 5.81. The highest BCUT2D eigenvalue weighted by atomic mass is 16.8. The van der Waals surface area contributed by atoms with Crippen LogP contribution in [0.5, 0.6) is 0 Å². The van der Waals surface area contributed by atoms with Gasteiger partial charge in [0, 0.05) is 12.8 Å². The molecule has 6 atom stereocenters. The molecular formula is C52H55N3O10. The number of hydrogen-bond acceptors (Lipinski definition) is 10. The largest absolute Gasteiger partial charge is 0.480 e. The van der Waals surface area contributed by atoms with Gasteiger partial charge >= 0.3 is 18.0 Å². The molecule has 2 aliphatic heterocycles. The Morgan fingerprint density at radius 3 is 1.25 bits per heavy atom. The third-order valence-corrected chi connectivity index (χ3v) is 12.8. The summed E-state index contributed by atoms with van der Waals surface area (Å²) in [5.41, 5.74) is 8.94. The Kier molecular flexibility index (Phi) is 12.4. The van der Waals surface area contributed by atoms with Crippen molar-refractivity contribution in [2.75, 3.05) is 13.1 Å². The van der Waals surface area contributed by atoms with Crippen LogP contribution < -0.4 is 10.6 Å². The number of carboxylic acid groups (broad SMARTS) is 2. The molecule has 65 heavy (non-hydrogen) atoms. The zero-order chi connectivity index (χ0) is 45.5. The Labute approximate surface area is 378 Å². The van der Waals surface area contributed by atoms with E-state index in [1.165, 1.54) is 4.90 Å². The van der Waals surface area contributed by atoms with Gasteiger partial charge in [-0.3, -0.25) is 20.2 Å². The van der Waals surface area contributed by atoms with Crippen LogP contribution in [0.1, 0.15) is 80.4 Å². The Morgan fingerprint density at radius 1 is 0.538 bits per heavy atom. The lowest BCUT2D eigenvalue weighted by Gasteiger charge is -2.31. The number of fused-ring (bicyclic) bond motifs is 6. The van der Waals surface area contributed by atoms with E-state index in [9.17, 15) is 24.6 Å². The van der Waals surface area contributed by atoms with E-state index >= 15 is 0 Å². The molecule has 0 spiro atoms. The summed E-state index contributed by atoms with van der Waals surface area (Å²) in [6, 6.07) is 38.4. The first-order valence-electron chi connectivity index (χ1n) is 22.2. The van der Waals surface area contributed by atoms with Crippen molar-refractivity contribution in [2.24, 2.45) is 0 Å². The molecule has 0 bridgehead atoms. The van der Waals surface area contributed by atoms with Gasteiger partial charge in [-0.05, 0) is 77.8 Å². The van der Waals surface area contributed by atoms with Gasteiger partial charge in [-0.2, -0.15) is 0 Å². The second-order valence-corrected chi connectivity index (χ2v) is 18.2. The Balaban J connectivity index is 0.961. The maximum absolute atomic E-state index is 14.3. The molecule has 0 saturated carbocycles. The Morgan fingerprint density at radius 2 is 0.877 bits per heavy atom. The predicted octanol–water partition coefficient (Wildman–Crippen LogP) is 8.07. The number of carbonyl (C=O) groups is 3. The van der Waals surface area contributed by atoms with Gasteiger partial charge in [0.1, 0.15) is 30.9 Å². The molecule has 13 nitrogen and oxygen atoms in total. The quantitative estimate of drug-likeness (QED) is 0.0755. The van der Waals surface area contributed by atoms with Crippen LogP contribution in [-0.4, -0.2) is 94.3 Å². The smallest absolute Gasteiger partial charge is 0.410 e. The minimum Gasteiger partial charge on any atom is -0.480 e. The second-order valence-electron chi connectivity index (χ2n) is 18.2. The number of aliphatic carboxylic acids is 2. The van der Waals surface area contributed by atoms with Crippen LogP contribution in [-0.2, 0) is 39.9 Å². The van der Waals surface area contributed by atoms with Crippen LogP contribution in [0.15, 0.2) is 127 Å². The normalized spacial score (nSPS) is 22.3. The minimum absolute atomic E-state index is 0.00520. The average Bonchev–Trinajstić information content (AvgIpc) is 3.98. The van der Waals surface area contributed by atoms with Gasteiger partial charge in [-0.1, -0.05) is 127 Å². The van der Waals surface area contributed by atoms with Gasteiger partial charge in [0.15, 0.2) is 11.6 Å². The van der Waals surface area contributed by atoms with Crippen molar-refractivity contribution in [1.29, 1.82) is 0 Å². The highest BCUT2D eigenvalue weighted by Gasteiger charge is 2.48. The molecule has 1 amide bonds. The molecule has 2 aliphatic carbocycles. The second kappa shape index (κ2) is 18.2. The van der Waals surface area contributed by atoms with E-state index in [1.807, 2.05) is 127 Å². The molecule has 2 saturated heterocycles. The van der Waals surface area contributed by atoms with Gasteiger partial charge in [0.25, 0.3) is 0 Å². The molecule has 0 unspecified atom stereocenters. The molecule has 4 N–H and O–H groups in total. The number of rotatable bonds is 16. The summed E-state index contributed by atoms with van der Waals surface area (Å²) >= 11 is 0. The van der Waals surface area contributed by atoms with Gasteiger partial charge < -0.3 is 38.8 Å². The Hall–Kier alpha value is -5.93. The van der Waals surface area contributed by atoms with Crippen LogP contribution in [0.3, 0.4) is 0 Å². The summed E-state index contributed by atoms with van der Waals surface area (Å²) in [7, 11) is 0. The number of carbonyl (C=O) groups excluding carboxylic acids is 1. The predicted molar refractivity (Wildman–Crippen MR) is 242 cm³/mol. The maximum atomic E-state index is 14.3. The number of hydrogen-bond donors (Lipinski definition) is 4. The third-order valence-electron chi connectivity index (χ3n) is 12.8. The van der Waals surface area contributed by atoms with Crippen molar-refractivity contribution in [2.45, 2.75) is 107 Å². The fraction of sp³-hybridized carbons (Fsp3) is 0.365. The zero-order valence-corrected chi connectivity index (χ0v) is 36.9. The van der Waals surface area contributed by atoms with E-state index in [0.717, 1.165) is 50.1 Å². The topological polar surface area (TPSA) is 165 Å². The van der Waals surface area contributed by atoms with Crippen LogP contribution in [0.25, 0.3) is 22.3 Å². The standard InChI is InChI=1S/C52H55N3O10/c1-51(2)62-42(26-40(48(56)57)53-46-36-22-12-8-18-32(36)33-19-9-13-23-37(33)46)44(64-51)28-55(50(60)61-30-31-16-6-5-7-17-31)29-45-43(63-52(3,4)65-45)27-41(49(58)59)54-47-38-24-14-10-20-34(38)35-21-11-15-25-39(35)47/h5-25,40-47,53-54H,26-30H2,1-4H3,(H,56,57)(H,58,59)/t40-,41-,42+,43+,44+,45+/m0/s1. The fourth-order valence-corrected chi connectivity index (χ4v) is 10.0. The van der Waals surface area contributed by atoms with Crippen molar-refractivity contribution in [3.05, 3.63) is 155 Å². The zero-order valence-electron chi connectivity index (χ0n) is 36.9. The van der Waals surface area contributed by atoms with Gasteiger partial charge in [-0.25, -0.2) is 4.79 Å². The summed E-state index contributed by atoms with van der Waals surface area (Å²) in [6.45, 7) is 6.94. The number of ether oxygens (including phenoxy) is 5. The third kappa shape index (κ3) is 9.44. The maximum Gasteiger partial charge on any atom is 0.410 e. The summed E-state index contributed by atoms with van der Waals surface area (Å²) in [4.78, 5) is 42.0. The molecule has 4 aliphatic rings. The van der Waals surface area contributed by atoms with Crippen LogP contribution in [0, 0.1) is 0 Å². The van der Waals surface area contributed by atoms with Crippen molar-refractivity contribution >= 4 is 18.0 Å². The summed E-state index contributed by atoms with van der Waals surface area (Å²) in [5.74, 6) is -4.32. The Bertz CT molecular complexity index is 2310. The van der Waals surface area contributed by atoms with E-state index in [4.69, 9.17) is 23.7 Å². The summed E-state index contributed by atoms with van der Waals surface area (Å²) < 4.78 is 31.7. The first-order valence-corrected chi connectivity index (χ1v) is 22.2. The molecule has 13 heteroatoms. The first kappa shape index (κ1) is 44.3. The van der Waals surface area contributed by atoms with Crippen molar-refractivity contribution in [1.82, 2.24) is 15.5 Å². The molecule has 5 aromatic rings. The van der Waals surface area contributed by atoms with E-state index in [1.54, 1.807) is 27.7 Å². The van der Waals surface area contributed by atoms with E-state index < -0.39 is 66.1 Å². The number of nitrogens with one attached hydrogen (secondary N) is 2. The van der Waals surface area contributed by atoms with E-state index in [2.05, 4.69) is 10.6 Å².